The lowest BCUT2D eigenvalue weighted by molar-refractivity contribution is 0.611. The molecule has 1 heterocycles. The molecule has 0 saturated heterocycles. The Labute approximate surface area is 96.7 Å². The lowest BCUT2D eigenvalue weighted by Gasteiger charge is -1.96. The summed E-state index contributed by atoms with van der Waals surface area (Å²) in [6, 6.07) is 13.5. The second-order valence-electron chi connectivity index (χ2n) is 3.84. The molecule has 0 bridgehead atoms. The van der Waals surface area contributed by atoms with E-state index in [1.54, 1.807) is 24.3 Å². The molecule has 1 aromatic heterocycles. The molecule has 0 aliphatic rings. The van der Waals surface area contributed by atoms with Crippen molar-refractivity contribution in [3.63, 3.8) is 0 Å². The predicted octanol–water partition coefficient (Wildman–Crippen LogP) is 4.11. The molecule has 3 rings (SSSR count). The fourth-order valence-corrected chi connectivity index (χ4v) is 1.97. The van der Waals surface area contributed by atoms with E-state index in [1.165, 1.54) is 6.07 Å². The van der Waals surface area contributed by atoms with Gasteiger partial charge in [0, 0.05) is 5.56 Å². The first-order chi connectivity index (χ1) is 8.27. The molecule has 2 aromatic carbocycles. The van der Waals surface area contributed by atoms with Crippen molar-refractivity contribution in [3.8, 4) is 11.3 Å². The minimum absolute atomic E-state index is 0.0198. The van der Waals surface area contributed by atoms with Gasteiger partial charge in [0.05, 0.1) is 16.6 Å². The van der Waals surface area contributed by atoms with Crippen molar-refractivity contribution in [3.05, 3.63) is 60.2 Å². The van der Waals surface area contributed by atoms with Crippen LogP contribution in [0, 0.1) is 11.6 Å². The highest BCUT2D eigenvalue weighted by Gasteiger charge is 2.15. The van der Waals surface area contributed by atoms with Crippen LogP contribution in [0.1, 0.15) is 0 Å². The highest BCUT2D eigenvalue weighted by molar-refractivity contribution is 5.87. The summed E-state index contributed by atoms with van der Waals surface area (Å²) >= 11 is 0. The van der Waals surface area contributed by atoms with Gasteiger partial charge in [0.15, 0.2) is 5.82 Å². The van der Waals surface area contributed by atoms with E-state index in [-0.39, 0.29) is 5.39 Å². The highest BCUT2D eigenvalue weighted by atomic mass is 19.1. The molecule has 3 heteroatoms. The van der Waals surface area contributed by atoms with Gasteiger partial charge in [0.25, 0.3) is 0 Å². The molecule has 0 atom stereocenters. The third-order valence-corrected chi connectivity index (χ3v) is 2.77. The Hall–Kier alpha value is -2.16. The molecule has 17 heavy (non-hydrogen) atoms. The topological polar surface area (TPSA) is 15.8 Å². The maximum Gasteiger partial charge on any atom is 0.159 e. The molecule has 0 spiro atoms. The molecule has 0 radical (unpaired) electrons. The van der Waals surface area contributed by atoms with E-state index in [9.17, 15) is 8.78 Å². The van der Waals surface area contributed by atoms with Crippen LogP contribution in [0.4, 0.5) is 8.78 Å². The van der Waals surface area contributed by atoms with Crippen molar-refractivity contribution in [1.82, 2.24) is 4.98 Å². The summed E-state index contributed by atoms with van der Waals surface area (Å²) in [6.45, 7) is 0. The number of fused-ring (bicyclic) bond motifs is 1. The Morgan fingerprint density at radius 2 is 1.59 bits per heavy atom. The molecule has 1 N–H and O–H groups in total. The molecule has 0 unspecified atom stereocenters. The fraction of sp³-hybridized carbons (Fsp3) is 0. The second-order valence-corrected chi connectivity index (χ2v) is 3.84. The van der Waals surface area contributed by atoms with Crippen LogP contribution in [0.3, 0.4) is 0 Å². The molecule has 0 aliphatic heterocycles. The summed E-state index contributed by atoms with van der Waals surface area (Å²) < 4.78 is 27.6. The van der Waals surface area contributed by atoms with E-state index in [1.807, 2.05) is 18.2 Å². The number of rotatable bonds is 1. The molecular formula is C14H9F2N. The molecule has 0 amide bonds. The summed E-state index contributed by atoms with van der Waals surface area (Å²) in [5.74, 6) is -1.08. The van der Waals surface area contributed by atoms with Gasteiger partial charge >= 0.3 is 0 Å². The van der Waals surface area contributed by atoms with Crippen LogP contribution in [0.5, 0.6) is 0 Å². The zero-order valence-electron chi connectivity index (χ0n) is 8.87. The van der Waals surface area contributed by atoms with Gasteiger partial charge in [-0.15, -0.1) is 0 Å². The fourth-order valence-electron chi connectivity index (χ4n) is 1.97. The minimum Gasteiger partial charge on any atom is -0.352 e. The van der Waals surface area contributed by atoms with E-state index in [4.69, 9.17) is 0 Å². The average Bonchev–Trinajstić information content (AvgIpc) is 2.69. The van der Waals surface area contributed by atoms with Gasteiger partial charge < -0.3 is 4.98 Å². The summed E-state index contributed by atoms with van der Waals surface area (Å²) in [6.07, 6.45) is 0. The molecule has 0 aliphatic carbocycles. The average molecular weight is 229 g/mol. The molecule has 0 saturated carbocycles. The molecule has 84 valence electrons. The molecule has 0 fully saturated rings. The van der Waals surface area contributed by atoms with Gasteiger partial charge in [-0.1, -0.05) is 36.4 Å². The Morgan fingerprint density at radius 3 is 2.29 bits per heavy atom. The summed E-state index contributed by atoms with van der Waals surface area (Å²) in [7, 11) is 0. The highest BCUT2D eigenvalue weighted by Crippen LogP contribution is 2.29. The van der Waals surface area contributed by atoms with Gasteiger partial charge in [-0.3, -0.25) is 0 Å². The Morgan fingerprint density at radius 1 is 0.824 bits per heavy atom. The number of hydrogen-bond acceptors (Lipinski definition) is 0. The van der Waals surface area contributed by atoms with Crippen LogP contribution in [0.25, 0.3) is 22.2 Å². The summed E-state index contributed by atoms with van der Waals surface area (Å²) in [4.78, 5) is 2.91. The number of aromatic nitrogens is 1. The van der Waals surface area contributed by atoms with Crippen LogP contribution in [-0.2, 0) is 0 Å². The number of nitrogens with one attached hydrogen (secondary N) is 1. The van der Waals surface area contributed by atoms with E-state index in [0.29, 0.717) is 16.8 Å². The van der Waals surface area contributed by atoms with Crippen LogP contribution in [0.2, 0.25) is 0 Å². The normalized spacial score (nSPS) is 10.9. The lowest BCUT2D eigenvalue weighted by Crippen LogP contribution is -1.81. The number of H-pyrrole nitrogens is 1. The first kappa shape index (κ1) is 10.0. The van der Waals surface area contributed by atoms with Crippen LogP contribution >= 0.6 is 0 Å². The Bertz CT molecular complexity index is 671. The van der Waals surface area contributed by atoms with Crippen molar-refractivity contribution < 1.29 is 8.78 Å². The molecular weight excluding hydrogens is 220 g/mol. The zero-order valence-corrected chi connectivity index (χ0v) is 8.87. The molecule has 1 nitrogen and oxygen atoms in total. The van der Waals surface area contributed by atoms with Crippen molar-refractivity contribution in [2.75, 3.05) is 0 Å². The van der Waals surface area contributed by atoms with Crippen LogP contribution in [-0.4, -0.2) is 4.98 Å². The lowest BCUT2D eigenvalue weighted by atomic mass is 10.1. The minimum atomic E-state index is -0.543. The van der Waals surface area contributed by atoms with Crippen LogP contribution in [0.15, 0.2) is 48.5 Å². The van der Waals surface area contributed by atoms with Crippen molar-refractivity contribution in [2.24, 2.45) is 0 Å². The first-order valence-electron chi connectivity index (χ1n) is 5.28. The predicted molar refractivity (Wildman–Crippen MR) is 63.7 cm³/mol. The quantitative estimate of drug-likeness (QED) is 0.646. The second kappa shape index (κ2) is 3.70. The Balaban J connectivity index is 2.33. The summed E-state index contributed by atoms with van der Waals surface area (Å²) in [5, 5.41) is 0.0198. The maximum absolute atomic E-state index is 14.1. The number of aromatic amines is 1. The smallest absolute Gasteiger partial charge is 0.159 e. The van der Waals surface area contributed by atoms with E-state index >= 15 is 0 Å². The standard InChI is InChI=1S/C14H9F2N/c15-10-7-4-8-11-12(10)13(16)14(17-11)9-5-2-1-3-6-9/h1-8,17H. The van der Waals surface area contributed by atoms with Crippen molar-refractivity contribution in [1.29, 1.82) is 0 Å². The SMILES string of the molecule is Fc1cccc2[nH]c(-c3ccccc3)c(F)c12. The molecule has 3 aromatic rings. The maximum atomic E-state index is 14.1. The van der Waals surface area contributed by atoms with Gasteiger partial charge in [-0.05, 0) is 12.1 Å². The van der Waals surface area contributed by atoms with E-state index in [0.717, 1.165) is 0 Å². The zero-order chi connectivity index (χ0) is 11.8. The van der Waals surface area contributed by atoms with Crippen LogP contribution < -0.4 is 0 Å². The van der Waals surface area contributed by atoms with Gasteiger partial charge in [0.1, 0.15) is 5.82 Å². The third kappa shape index (κ3) is 1.51. The number of hydrogen-bond donors (Lipinski definition) is 1. The van der Waals surface area contributed by atoms with Gasteiger partial charge in [0.2, 0.25) is 0 Å². The number of benzene rings is 2. The van der Waals surface area contributed by atoms with Gasteiger partial charge in [-0.25, -0.2) is 8.78 Å². The van der Waals surface area contributed by atoms with E-state index in [2.05, 4.69) is 4.98 Å². The first-order valence-corrected chi connectivity index (χ1v) is 5.28. The summed E-state index contributed by atoms with van der Waals surface area (Å²) in [5.41, 5.74) is 1.51. The van der Waals surface area contributed by atoms with Gasteiger partial charge in [-0.2, -0.15) is 0 Å². The van der Waals surface area contributed by atoms with Crippen molar-refractivity contribution in [2.45, 2.75) is 0 Å². The Kier molecular flexibility index (Phi) is 2.18. The largest absolute Gasteiger partial charge is 0.352 e. The third-order valence-electron chi connectivity index (χ3n) is 2.77. The van der Waals surface area contributed by atoms with Crippen molar-refractivity contribution >= 4 is 10.9 Å². The number of halogens is 2. The monoisotopic (exact) mass is 229 g/mol. The van der Waals surface area contributed by atoms with E-state index < -0.39 is 11.6 Å².